The van der Waals surface area contributed by atoms with Crippen molar-refractivity contribution in [2.75, 3.05) is 39.8 Å². The number of nitrogens with one attached hydrogen (secondary N) is 2. The molecule has 2 N–H and O–H groups in total. The molecule has 0 aliphatic carbocycles. The summed E-state index contributed by atoms with van der Waals surface area (Å²) < 4.78 is 26.7. The van der Waals surface area contributed by atoms with Crippen LogP contribution in [-0.4, -0.2) is 75.3 Å². The number of piperazine rings is 1. The van der Waals surface area contributed by atoms with Crippen molar-refractivity contribution < 1.29 is 18.0 Å². The van der Waals surface area contributed by atoms with E-state index < -0.39 is 10.0 Å². The molecular formula is C17H24N4O4S. The Morgan fingerprint density at radius 1 is 1.31 bits per heavy atom. The molecule has 0 aromatic heterocycles. The van der Waals surface area contributed by atoms with Crippen LogP contribution in [0.5, 0.6) is 0 Å². The van der Waals surface area contributed by atoms with Crippen molar-refractivity contribution in [3.05, 3.63) is 29.8 Å². The summed E-state index contributed by atoms with van der Waals surface area (Å²) in [5.74, 6) is -0.489. The Morgan fingerprint density at radius 2 is 2.12 bits per heavy atom. The van der Waals surface area contributed by atoms with E-state index in [0.29, 0.717) is 18.7 Å². The number of likely N-dealkylation sites (N-methyl/N-ethyl adjacent to an activating group) is 1. The Kier molecular flexibility index (Phi) is 5.59. The van der Waals surface area contributed by atoms with E-state index in [1.54, 1.807) is 17.0 Å². The molecule has 1 aromatic rings. The monoisotopic (exact) mass is 380 g/mol. The Morgan fingerprint density at radius 3 is 2.85 bits per heavy atom. The normalized spacial score (nSPS) is 22.1. The molecule has 2 saturated heterocycles. The van der Waals surface area contributed by atoms with E-state index >= 15 is 0 Å². The number of rotatable bonds is 4. The summed E-state index contributed by atoms with van der Waals surface area (Å²) in [7, 11) is -1.93. The van der Waals surface area contributed by atoms with Gasteiger partial charge in [-0.1, -0.05) is 6.07 Å². The van der Waals surface area contributed by atoms with Crippen molar-refractivity contribution in [2.24, 2.45) is 0 Å². The summed E-state index contributed by atoms with van der Waals surface area (Å²) >= 11 is 0. The minimum Gasteiger partial charge on any atom is -0.354 e. The maximum atomic E-state index is 12.8. The molecule has 2 amide bonds. The molecular weight excluding hydrogens is 356 g/mol. The molecule has 0 radical (unpaired) electrons. The molecule has 142 valence electrons. The third-order valence-electron chi connectivity index (χ3n) is 4.84. The molecule has 26 heavy (non-hydrogen) atoms. The topological polar surface area (TPSA) is 98.8 Å². The van der Waals surface area contributed by atoms with Crippen LogP contribution in [0.4, 0.5) is 0 Å². The summed E-state index contributed by atoms with van der Waals surface area (Å²) in [5.41, 5.74) is 0.351. The lowest BCUT2D eigenvalue weighted by molar-refractivity contribution is -0.122. The minimum absolute atomic E-state index is 0.0419. The van der Waals surface area contributed by atoms with Gasteiger partial charge in [0.05, 0.1) is 11.4 Å². The lowest BCUT2D eigenvalue weighted by atomic mass is 10.0. The summed E-state index contributed by atoms with van der Waals surface area (Å²) in [5, 5.41) is 5.79. The molecule has 0 saturated carbocycles. The molecule has 2 aliphatic heterocycles. The van der Waals surface area contributed by atoms with Crippen LogP contribution in [0.2, 0.25) is 0 Å². The zero-order valence-electron chi connectivity index (χ0n) is 14.8. The van der Waals surface area contributed by atoms with Crippen LogP contribution in [0, 0.1) is 0 Å². The van der Waals surface area contributed by atoms with E-state index in [1.165, 1.54) is 12.1 Å². The van der Waals surface area contributed by atoms with Crippen LogP contribution in [0.3, 0.4) is 0 Å². The van der Waals surface area contributed by atoms with Gasteiger partial charge in [-0.15, -0.1) is 0 Å². The average Bonchev–Trinajstić information content (AvgIpc) is 2.67. The van der Waals surface area contributed by atoms with Crippen molar-refractivity contribution in [1.29, 1.82) is 0 Å². The first-order chi connectivity index (χ1) is 12.4. The first-order valence-corrected chi connectivity index (χ1v) is 10.2. The molecule has 1 atom stereocenters. The predicted octanol–water partition coefficient (Wildman–Crippen LogP) is -0.369. The van der Waals surface area contributed by atoms with Gasteiger partial charge >= 0.3 is 0 Å². The number of hydrogen-bond donors (Lipinski definition) is 2. The quantitative estimate of drug-likeness (QED) is 0.743. The predicted molar refractivity (Wildman–Crippen MR) is 96.2 cm³/mol. The van der Waals surface area contributed by atoms with Gasteiger partial charge in [0, 0.05) is 37.8 Å². The van der Waals surface area contributed by atoms with Crippen LogP contribution < -0.4 is 10.6 Å². The average molecular weight is 380 g/mol. The number of likely N-dealkylation sites (tertiary alicyclic amines) is 1. The van der Waals surface area contributed by atoms with E-state index in [1.807, 2.05) is 7.05 Å². The fourth-order valence-corrected chi connectivity index (χ4v) is 4.78. The van der Waals surface area contributed by atoms with E-state index in [0.717, 1.165) is 17.1 Å². The summed E-state index contributed by atoms with van der Waals surface area (Å²) in [6.07, 6.45) is 1.93. The second kappa shape index (κ2) is 7.73. The van der Waals surface area contributed by atoms with Crippen molar-refractivity contribution >= 4 is 21.8 Å². The van der Waals surface area contributed by atoms with Gasteiger partial charge in [-0.3, -0.25) is 9.59 Å². The zero-order chi connectivity index (χ0) is 18.7. The molecule has 0 spiro atoms. The van der Waals surface area contributed by atoms with Gasteiger partial charge in [0.15, 0.2) is 0 Å². The lowest BCUT2D eigenvalue weighted by Gasteiger charge is -2.32. The molecule has 1 aromatic carbocycles. The second-order valence-corrected chi connectivity index (χ2v) is 8.53. The first kappa shape index (κ1) is 18.8. The van der Waals surface area contributed by atoms with Gasteiger partial charge in [-0.05, 0) is 38.1 Å². The Bertz CT molecular complexity index is 796. The van der Waals surface area contributed by atoms with Gasteiger partial charge in [0.2, 0.25) is 15.9 Å². The van der Waals surface area contributed by atoms with Crippen molar-refractivity contribution in [1.82, 2.24) is 19.8 Å². The smallest absolute Gasteiger partial charge is 0.253 e. The zero-order valence-corrected chi connectivity index (χ0v) is 15.6. The Balaban J connectivity index is 1.81. The Labute approximate surface area is 153 Å². The third-order valence-corrected chi connectivity index (χ3v) is 6.68. The van der Waals surface area contributed by atoms with Crippen LogP contribution >= 0.6 is 0 Å². The summed E-state index contributed by atoms with van der Waals surface area (Å²) in [6.45, 7) is 1.59. The molecule has 2 fully saturated rings. The highest BCUT2D eigenvalue weighted by Crippen LogP contribution is 2.20. The van der Waals surface area contributed by atoms with Gasteiger partial charge in [0.1, 0.15) is 0 Å². The highest BCUT2D eigenvalue weighted by Gasteiger charge is 2.30. The summed E-state index contributed by atoms with van der Waals surface area (Å²) in [4.78, 5) is 26.1. The van der Waals surface area contributed by atoms with Crippen LogP contribution in [0.1, 0.15) is 23.2 Å². The number of carbonyl (C=O) groups excluding carboxylic acids is 2. The third kappa shape index (κ3) is 3.89. The first-order valence-electron chi connectivity index (χ1n) is 8.75. The van der Waals surface area contributed by atoms with E-state index in [4.69, 9.17) is 0 Å². The Hall–Kier alpha value is -1.97. The number of carbonyl (C=O) groups is 2. The van der Waals surface area contributed by atoms with E-state index in [-0.39, 0.29) is 42.4 Å². The standard InChI is InChI=1S/C17H24N4O4S/c1-18-14-5-3-8-20(11-14)17(23)13-4-2-6-15(10-13)26(24,25)21-9-7-19-16(22)12-21/h2,4,6,10,14,18H,3,5,7-9,11-12H2,1H3,(H,19,22). The highest BCUT2D eigenvalue weighted by molar-refractivity contribution is 7.89. The van der Waals surface area contributed by atoms with Gasteiger partial charge in [0.25, 0.3) is 5.91 Å². The van der Waals surface area contributed by atoms with Crippen molar-refractivity contribution in [3.8, 4) is 0 Å². The van der Waals surface area contributed by atoms with Gasteiger partial charge in [-0.25, -0.2) is 8.42 Å². The number of nitrogens with zero attached hydrogens (tertiary/aromatic N) is 2. The van der Waals surface area contributed by atoms with Gasteiger partial charge in [-0.2, -0.15) is 4.31 Å². The number of amides is 2. The largest absolute Gasteiger partial charge is 0.354 e. The highest BCUT2D eigenvalue weighted by atomic mass is 32.2. The van der Waals surface area contributed by atoms with Gasteiger partial charge < -0.3 is 15.5 Å². The van der Waals surface area contributed by atoms with E-state index in [9.17, 15) is 18.0 Å². The van der Waals surface area contributed by atoms with Crippen LogP contribution in [0.15, 0.2) is 29.2 Å². The number of benzene rings is 1. The number of hydrogen-bond acceptors (Lipinski definition) is 5. The van der Waals surface area contributed by atoms with Crippen LogP contribution in [0.25, 0.3) is 0 Å². The molecule has 1 unspecified atom stereocenters. The minimum atomic E-state index is -3.81. The lowest BCUT2D eigenvalue weighted by Crippen LogP contribution is -2.49. The SMILES string of the molecule is CNC1CCCN(C(=O)c2cccc(S(=O)(=O)N3CCNC(=O)C3)c2)C1. The summed E-state index contributed by atoms with van der Waals surface area (Å²) in [6, 6.07) is 6.33. The molecule has 8 nitrogen and oxygen atoms in total. The fraction of sp³-hybridized carbons (Fsp3) is 0.529. The van der Waals surface area contributed by atoms with Crippen molar-refractivity contribution in [3.63, 3.8) is 0 Å². The molecule has 9 heteroatoms. The molecule has 2 aliphatic rings. The molecule has 3 rings (SSSR count). The number of sulfonamides is 1. The maximum Gasteiger partial charge on any atom is 0.253 e. The number of piperidine rings is 1. The van der Waals surface area contributed by atoms with Crippen LogP contribution in [-0.2, 0) is 14.8 Å². The van der Waals surface area contributed by atoms with E-state index in [2.05, 4.69) is 10.6 Å². The molecule has 0 bridgehead atoms. The van der Waals surface area contributed by atoms with Crippen molar-refractivity contribution in [2.45, 2.75) is 23.8 Å². The fourth-order valence-electron chi connectivity index (χ4n) is 3.34. The maximum absolute atomic E-state index is 12.8. The molecule has 2 heterocycles. The second-order valence-electron chi connectivity index (χ2n) is 6.60.